The molecular weight excluding hydrogens is 306 g/mol. The third kappa shape index (κ3) is 2.42. The number of imide groups is 1. The van der Waals surface area contributed by atoms with Gasteiger partial charge in [0.1, 0.15) is 0 Å². The number of hydrogen-bond donors (Lipinski definition) is 1. The van der Waals surface area contributed by atoms with Gasteiger partial charge in [0.2, 0.25) is 0 Å². The number of hydrogen-bond acceptors (Lipinski definition) is 4. The maximum Gasteiger partial charge on any atom is 0.263 e. The van der Waals surface area contributed by atoms with Crippen LogP contribution < -0.4 is 5.73 Å². The lowest BCUT2D eigenvalue weighted by atomic mass is 9.98. The molecule has 0 spiro atoms. The van der Waals surface area contributed by atoms with Crippen molar-refractivity contribution in [1.82, 2.24) is 4.90 Å². The van der Waals surface area contributed by atoms with Crippen LogP contribution in [0.25, 0.3) is 4.85 Å². The predicted octanol–water partition coefficient (Wildman–Crippen LogP) is 2.47. The van der Waals surface area contributed by atoms with Crippen LogP contribution in [-0.4, -0.2) is 29.5 Å². The Bertz CT molecular complexity index is 924. The topological polar surface area (TPSA) is 84.8 Å². The molecule has 2 aromatic rings. The Morgan fingerprint density at radius 3 is 2.46 bits per heavy atom. The number of amides is 2. The summed E-state index contributed by atoms with van der Waals surface area (Å²) in [4.78, 5) is 40.7. The maximum absolute atomic E-state index is 12.4. The van der Waals surface area contributed by atoms with Gasteiger partial charge in [-0.3, -0.25) is 19.3 Å². The van der Waals surface area contributed by atoms with Crippen molar-refractivity contribution in [2.45, 2.75) is 6.42 Å². The molecule has 2 aromatic carbocycles. The van der Waals surface area contributed by atoms with Crippen molar-refractivity contribution in [3.63, 3.8) is 0 Å². The second-order valence-corrected chi connectivity index (χ2v) is 5.54. The zero-order valence-electron chi connectivity index (χ0n) is 12.9. The minimum absolute atomic E-state index is 0.0556. The van der Waals surface area contributed by atoms with E-state index in [0.717, 1.165) is 4.90 Å². The third-order valence-electron chi connectivity index (χ3n) is 3.97. The average molecular weight is 319 g/mol. The van der Waals surface area contributed by atoms with Gasteiger partial charge >= 0.3 is 0 Å². The van der Waals surface area contributed by atoms with Gasteiger partial charge in [0, 0.05) is 24.7 Å². The normalized spacial score (nSPS) is 12.9. The fourth-order valence-electron chi connectivity index (χ4n) is 2.69. The summed E-state index contributed by atoms with van der Waals surface area (Å²) in [5, 5.41) is 0. The largest absolute Gasteiger partial charge is 0.398 e. The first-order chi connectivity index (χ1) is 11.4. The van der Waals surface area contributed by atoms with Crippen LogP contribution in [0.3, 0.4) is 0 Å². The molecule has 0 fully saturated rings. The predicted molar refractivity (Wildman–Crippen MR) is 88.0 cm³/mol. The van der Waals surface area contributed by atoms with Crippen LogP contribution >= 0.6 is 0 Å². The van der Waals surface area contributed by atoms with Crippen molar-refractivity contribution in [3.8, 4) is 0 Å². The first-order valence-electron chi connectivity index (χ1n) is 7.18. The molecule has 1 aliphatic rings. The van der Waals surface area contributed by atoms with Gasteiger partial charge in [-0.1, -0.05) is 24.3 Å². The molecule has 0 saturated carbocycles. The number of Topliss-reactive ketones (excluding diaryl/α,β-unsaturated/α-hetero) is 1. The Morgan fingerprint density at radius 2 is 1.83 bits per heavy atom. The van der Waals surface area contributed by atoms with Gasteiger partial charge in [-0.2, -0.15) is 0 Å². The van der Waals surface area contributed by atoms with Gasteiger partial charge in [0.05, 0.1) is 17.7 Å². The van der Waals surface area contributed by atoms with Gasteiger partial charge in [-0.15, -0.1) is 0 Å². The van der Waals surface area contributed by atoms with Gasteiger partial charge in [-0.25, -0.2) is 4.85 Å². The van der Waals surface area contributed by atoms with Gasteiger partial charge in [-0.05, 0) is 17.7 Å². The molecule has 0 radical (unpaired) electrons. The van der Waals surface area contributed by atoms with E-state index in [2.05, 4.69) is 4.85 Å². The van der Waals surface area contributed by atoms with E-state index in [1.165, 1.54) is 7.05 Å². The lowest BCUT2D eigenvalue weighted by Gasteiger charge is -2.06. The molecule has 1 aliphatic heterocycles. The number of nitrogens with zero attached hydrogens (tertiary/aromatic N) is 2. The summed E-state index contributed by atoms with van der Waals surface area (Å²) in [6.07, 6.45) is 0.0556. The summed E-state index contributed by atoms with van der Waals surface area (Å²) in [5.41, 5.74) is 8.02. The van der Waals surface area contributed by atoms with Gasteiger partial charge in [0.15, 0.2) is 11.5 Å². The van der Waals surface area contributed by atoms with E-state index in [0.29, 0.717) is 16.8 Å². The number of carbonyl (C=O) groups excluding carboxylic acids is 3. The van der Waals surface area contributed by atoms with Crippen molar-refractivity contribution < 1.29 is 14.4 Å². The number of carbonyl (C=O) groups is 3. The van der Waals surface area contributed by atoms with Crippen molar-refractivity contribution in [2.24, 2.45) is 0 Å². The number of anilines is 1. The van der Waals surface area contributed by atoms with Crippen molar-refractivity contribution >= 4 is 29.0 Å². The molecule has 0 aromatic heterocycles. The van der Waals surface area contributed by atoms with Crippen LogP contribution in [-0.2, 0) is 6.42 Å². The van der Waals surface area contributed by atoms with Crippen LogP contribution in [0.4, 0.5) is 11.4 Å². The Morgan fingerprint density at radius 1 is 1.17 bits per heavy atom. The van der Waals surface area contributed by atoms with E-state index in [9.17, 15) is 14.4 Å². The standard InChI is InChI=1S/C18H13N3O3/c1-20-12-5-3-11(4-6-12)15(22)9-10-7-13-16(14(19)8-10)18(24)21(2)17(13)23/h3-8H,9,19H2,2H3. The Labute approximate surface area is 138 Å². The minimum Gasteiger partial charge on any atom is -0.398 e. The summed E-state index contributed by atoms with van der Waals surface area (Å²) in [6, 6.07) is 9.43. The number of nitrogen functional groups attached to an aromatic ring is 1. The zero-order chi connectivity index (χ0) is 17.4. The lowest BCUT2D eigenvalue weighted by molar-refractivity contribution is 0.0693. The SMILES string of the molecule is [C-]#[N+]c1ccc(C(=O)Cc2cc(N)c3c(c2)C(=O)N(C)C3=O)cc1. The fourth-order valence-corrected chi connectivity index (χ4v) is 2.69. The molecule has 3 rings (SSSR count). The molecule has 0 unspecified atom stereocenters. The molecule has 6 nitrogen and oxygen atoms in total. The summed E-state index contributed by atoms with van der Waals surface area (Å²) >= 11 is 0. The lowest BCUT2D eigenvalue weighted by Crippen LogP contribution is -2.24. The van der Waals surface area contributed by atoms with Crippen molar-refractivity contribution in [3.05, 3.63) is 70.1 Å². The molecule has 0 atom stereocenters. The highest BCUT2D eigenvalue weighted by atomic mass is 16.2. The molecule has 0 bridgehead atoms. The highest BCUT2D eigenvalue weighted by Crippen LogP contribution is 2.29. The first kappa shape index (κ1) is 15.4. The summed E-state index contributed by atoms with van der Waals surface area (Å²) in [5.74, 6) is -1.01. The maximum atomic E-state index is 12.4. The molecular formula is C18H13N3O3. The number of nitrogens with two attached hydrogens (primary N) is 1. The van der Waals surface area contributed by atoms with E-state index >= 15 is 0 Å². The van der Waals surface area contributed by atoms with Crippen LogP contribution in [0, 0.1) is 6.57 Å². The number of fused-ring (bicyclic) bond motifs is 1. The highest BCUT2D eigenvalue weighted by molar-refractivity contribution is 6.23. The average Bonchev–Trinajstić information content (AvgIpc) is 2.79. The van der Waals surface area contributed by atoms with E-state index in [-0.39, 0.29) is 29.0 Å². The van der Waals surface area contributed by atoms with Crippen LogP contribution in [0.5, 0.6) is 0 Å². The van der Waals surface area contributed by atoms with Crippen molar-refractivity contribution in [2.75, 3.05) is 12.8 Å². The van der Waals surface area contributed by atoms with Gasteiger partial charge < -0.3 is 5.73 Å². The quantitative estimate of drug-likeness (QED) is 0.407. The second kappa shape index (κ2) is 5.63. The van der Waals surface area contributed by atoms with E-state index in [1.54, 1.807) is 36.4 Å². The third-order valence-corrected chi connectivity index (χ3v) is 3.97. The van der Waals surface area contributed by atoms with Crippen molar-refractivity contribution in [1.29, 1.82) is 0 Å². The zero-order valence-corrected chi connectivity index (χ0v) is 12.9. The molecule has 2 amide bonds. The Balaban J connectivity index is 1.90. The molecule has 24 heavy (non-hydrogen) atoms. The van der Waals surface area contributed by atoms with E-state index in [4.69, 9.17) is 12.3 Å². The molecule has 0 aliphatic carbocycles. The van der Waals surface area contributed by atoms with E-state index in [1.807, 2.05) is 0 Å². The number of benzene rings is 2. The van der Waals surface area contributed by atoms with E-state index < -0.39 is 11.8 Å². The molecule has 1 heterocycles. The molecule has 0 saturated heterocycles. The smallest absolute Gasteiger partial charge is 0.263 e. The number of rotatable bonds is 3. The molecule has 118 valence electrons. The highest BCUT2D eigenvalue weighted by Gasteiger charge is 2.35. The van der Waals surface area contributed by atoms with Crippen LogP contribution in [0.2, 0.25) is 0 Å². The Hall–Kier alpha value is -3.46. The summed E-state index contributed by atoms with van der Waals surface area (Å²) in [6.45, 7) is 6.91. The monoisotopic (exact) mass is 319 g/mol. The fraction of sp³-hybridized carbons (Fsp3) is 0.111. The molecule has 6 heteroatoms. The summed E-state index contributed by atoms with van der Waals surface area (Å²) in [7, 11) is 1.40. The molecule has 2 N–H and O–H groups in total. The van der Waals surface area contributed by atoms with Gasteiger partial charge in [0.25, 0.3) is 11.8 Å². The number of ketones is 1. The minimum atomic E-state index is -0.430. The second-order valence-electron chi connectivity index (χ2n) is 5.54. The first-order valence-corrected chi connectivity index (χ1v) is 7.18. The Kier molecular flexibility index (Phi) is 3.62. The summed E-state index contributed by atoms with van der Waals surface area (Å²) < 4.78 is 0. The van der Waals surface area contributed by atoms with Crippen LogP contribution in [0.15, 0.2) is 36.4 Å². The van der Waals surface area contributed by atoms with Crippen LogP contribution in [0.1, 0.15) is 36.6 Å².